The van der Waals surface area contributed by atoms with E-state index in [2.05, 4.69) is 15.2 Å². The van der Waals surface area contributed by atoms with Crippen molar-refractivity contribution in [3.05, 3.63) is 60.2 Å². The molecule has 0 aliphatic heterocycles. The zero-order valence-corrected chi connectivity index (χ0v) is 13.3. The summed E-state index contributed by atoms with van der Waals surface area (Å²) >= 11 is 0. The van der Waals surface area contributed by atoms with Crippen molar-refractivity contribution in [1.29, 1.82) is 5.41 Å². The monoisotopic (exact) mass is 336 g/mol. The summed E-state index contributed by atoms with van der Waals surface area (Å²) in [6, 6.07) is 10.8. The van der Waals surface area contributed by atoms with Gasteiger partial charge in [0.25, 0.3) is 0 Å². The maximum Gasteiger partial charge on any atom is 0.303 e. The number of aryl methyl sites for hydroxylation is 1. The Labute approximate surface area is 143 Å². The second-order valence-corrected chi connectivity index (χ2v) is 5.43. The summed E-state index contributed by atoms with van der Waals surface area (Å²) in [5.41, 5.74) is 8.39. The topological polar surface area (TPSA) is 131 Å². The number of nitrogens with zero attached hydrogens (tertiary/aromatic N) is 4. The van der Waals surface area contributed by atoms with Crippen LogP contribution in [-0.2, 0) is 11.2 Å². The lowest BCUT2D eigenvalue weighted by Crippen LogP contribution is -2.10. The van der Waals surface area contributed by atoms with Crippen molar-refractivity contribution in [2.75, 3.05) is 0 Å². The Kier molecular flexibility index (Phi) is 4.51. The summed E-state index contributed by atoms with van der Waals surface area (Å²) in [4.78, 5) is 14.9. The van der Waals surface area contributed by atoms with Crippen molar-refractivity contribution in [2.45, 2.75) is 12.8 Å². The molecule has 0 atom stereocenters. The van der Waals surface area contributed by atoms with Gasteiger partial charge in [-0.2, -0.15) is 5.10 Å². The molecule has 2 heterocycles. The molecule has 1 aromatic carbocycles. The number of nitrogen functional groups attached to an aromatic ring is 1. The fourth-order valence-electron chi connectivity index (χ4n) is 2.28. The van der Waals surface area contributed by atoms with Crippen molar-refractivity contribution >= 4 is 11.8 Å². The number of amidine groups is 1. The van der Waals surface area contributed by atoms with E-state index in [1.165, 1.54) is 0 Å². The Balaban J connectivity index is 1.76. The van der Waals surface area contributed by atoms with Gasteiger partial charge in [0.15, 0.2) is 5.82 Å². The molecule has 126 valence electrons. The fourth-order valence-corrected chi connectivity index (χ4v) is 2.28. The van der Waals surface area contributed by atoms with Crippen LogP contribution in [0.15, 0.2) is 48.9 Å². The summed E-state index contributed by atoms with van der Waals surface area (Å²) in [7, 11) is 0. The number of imidazole rings is 1. The van der Waals surface area contributed by atoms with Gasteiger partial charge in [0.1, 0.15) is 12.2 Å². The van der Waals surface area contributed by atoms with Gasteiger partial charge >= 0.3 is 5.97 Å². The molecule has 8 heteroatoms. The lowest BCUT2D eigenvalue weighted by molar-refractivity contribution is -0.136. The van der Waals surface area contributed by atoms with Gasteiger partial charge < -0.3 is 10.8 Å². The van der Waals surface area contributed by atoms with Crippen LogP contribution in [0.5, 0.6) is 0 Å². The van der Waals surface area contributed by atoms with Gasteiger partial charge in [0.2, 0.25) is 0 Å². The lowest BCUT2D eigenvalue weighted by Gasteiger charge is -2.02. The average molecular weight is 336 g/mol. The molecule has 0 fully saturated rings. The second kappa shape index (κ2) is 6.91. The van der Waals surface area contributed by atoms with Crippen LogP contribution >= 0.6 is 0 Å². The Morgan fingerprint density at radius 1 is 1.16 bits per heavy atom. The highest BCUT2D eigenvalue weighted by Crippen LogP contribution is 2.19. The first-order valence-electron chi connectivity index (χ1n) is 7.56. The molecule has 25 heavy (non-hydrogen) atoms. The summed E-state index contributed by atoms with van der Waals surface area (Å²) < 4.78 is 1.74. The largest absolute Gasteiger partial charge is 0.481 e. The maximum atomic E-state index is 10.6. The normalized spacial score (nSPS) is 10.6. The van der Waals surface area contributed by atoms with Crippen molar-refractivity contribution in [1.82, 2.24) is 19.7 Å². The molecule has 3 aromatic rings. The van der Waals surface area contributed by atoms with E-state index < -0.39 is 5.97 Å². The quantitative estimate of drug-likeness (QED) is 0.463. The Morgan fingerprint density at radius 3 is 2.52 bits per heavy atom. The SMILES string of the molecule is N=C(N)c1ccc(-c2cn(-c3ccc(CCC(=O)O)nn3)cn2)cc1. The van der Waals surface area contributed by atoms with E-state index in [1.54, 1.807) is 35.2 Å². The average Bonchev–Trinajstić information content (AvgIpc) is 3.10. The summed E-state index contributed by atoms with van der Waals surface area (Å²) in [5.74, 6) is -0.241. The zero-order chi connectivity index (χ0) is 17.8. The number of aliphatic carboxylic acids is 1. The van der Waals surface area contributed by atoms with E-state index in [0.717, 1.165) is 11.3 Å². The number of benzene rings is 1. The summed E-state index contributed by atoms with van der Waals surface area (Å²) in [6.07, 6.45) is 3.83. The molecule has 2 aromatic heterocycles. The zero-order valence-electron chi connectivity index (χ0n) is 13.3. The van der Waals surface area contributed by atoms with Crippen LogP contribution in [0.1, 0.15) is 17.7 Å². The van der Waals surface area contributed by atoms with Crippen molar-refractivity contribution < 1.29 is 9.90 Å². The highest BCUT2D eigenvalue weighted by Gasteiger charge is 2.07. The highest BCUT2D eigenvalue weighted by atomic mass is 16.4. The molecule has 0 unspecified atom stereocenters. The summed E-state index contributed by atoms with van der Waals surface area (Å²) in [5, 5.41) is 24.2. The number of nitrogens with two attached hydrogens (primary N) is 1. The number of rotatable bonds is 6. The van der Waals surface area contributed by atoms with Gasteiger partial charge in [0, 0.05) is 23.7 Å². The molecule has 0 radical (unpaired) electrons. The van der Waals surface area contributed by atoms with Crippen LogP contribution in [0.25, 0.3) is 17.1 Å². The minimum atomic E-state index is -0.860. The van der Waals surface area contributed by atoms with Crippen molar-refractivity contribution in [2.24, 2.45) is 5.73 Å². The number of aromatic nitrogens is 4. The van der Waals surface area contributed by atoms with E-state index in [1.807, 2.05) is 18.3 Å². The number of carbonyl (C=O) groups is 1. The Hall–Kier alpha value is -3.55. The van der Waals surface area contributed by atoms with E-state index in [9.17, 15) is 4.79 Å². The maximum absolute atomic E-state index is 10.6. The van der Waals surface area contributed by atoms with Gasteiger partial charge in [0.05, 0.1) is 17.8 Å². The smallest absolute Gasteiger partial charge is 0.303 e. The molecule has 0 bridgehead atoms. The van der Waals surface area contributed by atoms with Crippen LogP contribution in [0, 0.1) is 5.41 Å². The first kappa shape index (κ1) is 16.3. The number of hydrogen-bond donors (Lipinski definition) is 3. The molecule has 0 saturated heterocycles. The third-order valence-corrected chi connectivity index (χ3v) is 3.64. The van der Waals surface area contributed by atoms with Gasteiger partial charge in [-0.15, -0.1) is 5.10 Å². The van der Waals surface area contributed by atoms with E-state index in [0.29, 0.717) is 23.5 Å². The van der Waals surface area contributed by atoms with Gasteiger partial charge in [-0.25, -0.2) is 4.98 Å². The third-order valence-electron chi connectivity index (χ3n) is 3.64. The fraction of sp³-hybridized carbons (Fsp3) is 0.118. The minimum absolute atomic E-state index is 0.0235. The predicted octanol–water partition coefficient (Wildman–Crippen LogP) is 1.63. The van der Waals surface area contributed by atoms with E-state index in [4.69, 9.17) is 16.2 Å². The predicted molar refractivity (Wildman–Crippen MR) is 91.6 cm³/mol. The van der Waals surface area contributed by atoms with E-state index >= 15 is 0 Å². The standard InChI is InChI=1S/C17H16N6O2/c18-17(19)12-3-1-11(2-4-12)14-9-23(10-20-14)15-7-5-13(21-22-15)6-8-16(24)25/h1-5,7,9-10H,6,8H2,(H3,18,19)(H,24,25). The summed E-state index contributed by atoms with van der Waals surface area (Å²) in [6.45, 7) is 0. The number of nitrogens with one attached hydrogen (secondary N) is 1. The van der Waals surface area contributed by atoms with E-state index in [-0.39, 0.29) is 12.3 Å². The van der Waals surface area contributed by atoms with Crippen LogP contribution in [0.2, 0.25) is 0 Å². The molecule has 3 rings (SSSR count). The van der Waals surface area contributed by atoms with Gasteiger partial charge in [-0.05, 0) is 12.1 Å². The van der Waals surface area contributed by atoms with Crippen molar-refractivity contribution in [3.63, 3.8) is 0 Å². The number of carboxylic acids is 1. The molecule has 0 aliphatic rings. The van der Waals surface area contributed by atoms with Crippen LogP contribution in [0.4, 0.5) is 0 Å². The Morgan fingerprint density at radius 2 is 1.92 bits per heavy atom. The molecule has 8 nitrogen and oxygen atoms in total. The van der Waals surface area contributed by atoms with Crippen LogP contribution in [-0.4, -0.2) is 36.7 Å². The molecule has 0 saturated carbocycles. The van der Waals surface area contributed by atoms with Crippen LogP contribution < -0.4 is 5.73 Å². The molecular formula is C17H16N6O2. The molecule has 0 amide bonds. The van der Waals surface area contributed by atoms with Gasteiger partial charge in [-0.3, -0.25) is 14.8 Å². The third kappa shape index (κ3) is 3.86. The highest BCUT2D eigenvalue weighted by molar-refractivity contribution is 5.95. The van der Waals surface area contributed by atoms with Crippen LogP contribution in [0.3, 0.4) is 0 Å². The molecular weight excluding hydrogens is 320 g/mol. The molecule has 0 spiro atoms. The molecule has 4 N–H and O–H groups in total. The molecule has 0 aliphatic carbocycles. The van der Waals surface area contributed by atoms with Crippen molar-refractivity contribution in [3.8, 4) is 17.1 Å². The first-order valence-corrected chi connectivity index (χ1v) is 7.56. The number of hydrogen-bond acceptors (Lipinski definition) is 5. The second-order valence-electron chi connectivity index (χ2n) is 5.43. The lowest BCUT2D eigenvalue weighted by atomic mass is 10.1. The first-order chi connectivity index (χ1) is 12.0. The Bertz CT molecular complexity index is 900. The minimum Gasteiger partial charge on any atom is -0.481 e. The number of carboxylic acid groups (broad SMARTS) is 1. The van der Waals surface area contributed by atoms with Gasteiger partial charge in [-0.1, -0.05) is 24.3 Å².